The molecule has 2 aromatic heterocycles. The Morgan fingerprint density at radius 1 is 0.933 bits per heavy atom. The number of carbonyl (C=O) groups excluding carboxylic acids is 4. The monoisotopic (exact) mass is 839 g/mol. The zero-order chi connectivity index (χ0) is 41.9. The molecule has 314 valence electrons. The second-order valence-electron chi connectivity index (χ2n) is 16.6. The number of piperidine rings is 2. The Morgan fingerprint density at radius 3 is 2.40 bits per heavy atom. The van der Waals surface area contributed by atoms with Crippen molar-refractivity contribution in [3.8, 4) is 0 Å². The molecule has 3 N–H and O–H groups in total. The van der Waals surface area contributed by atoms with E-state index in [-0.39, 0.29) is 47.3 Å². The molecule has 2 aromatic carbocycles. The summed E-state index contributed by atoms with van der Waals surface area (Å²) in [6.07, 6.45) is 5.29. The van der Waals surface area contributed by atoms with Gasteiger partial charge in [0.1, 0.15) is 28.5 Å². The predicted molar refractivity (Wildman–Crippen MR) is 219 cm³/mol. The normalized spacial score (nSPS) is 24.9. The number of amides is 4. The Bertz CT molecular complexity index is 2500. The number of carbonyl (C=O) groups is 4. The van der Waals surface area contributed by atoms with Crippen LogP contribution in [0.3, 0.4) is 0 Å². The lowest BCUT2D eigenvalue weighted by atomic mass is 10.00. The molecule has 0 bridgehead atoms. The minimum Gasteiger partial charge on any atom is -0.388 e. The summed E-state index contributed by atoms with van der Waals surface area (Å²) in [7, 11) is -1.38. The highest BCUT2D eigenvalue weighted by Crippen LogP contribution is 2.39. The van der Waals surface area contributed by atoms with Crippen molar-refractivity contribution in [1.29, 1.82) is 0 Å². The van der Waals surface area contributed by atoms with Gasteiger partial charge in [-0.3, -0.25) is 43.7 Å². The maximum Gasteiger partial charge on any atom is 0.262 e. The molecule has 18 heteroatoms. The summed E-state index contributed by atoms with van der Waals surface area (Å²) in [6.45, 7) is 5.69. The predicted octanol–water partition coefficient (Wildman–Crippen LogP) is 2.73. The van der Waals surface area contributed by atoms with E-state index >= 15 is 4.39 Å². The van der Waals surface area contributed by atoms with Crippen LogP contribution in [0.5, 0.6) is 0 Å². The van der Waals surface area contributed by atoms with Crippen LogP contribution >= 0.6 is 0 Å². The summed E-state index contributed by atoms with van der Waals surface area (Å²) < 4.78 is 32.9. The fourth-order valence-corrected chi connectivity index (χ4v) is 10.6. The van der Waals surface area contributed by atoms with Crippen LogP contribution < -0.4 is 21.1 Å². The zero-order valence-corrected chi connectivity index (χ0v) is 34.0. The van der Waals surface area contributed by atoms with Gasteiger partial charge in [0.2, 0.25) is 17.8 Å². The summed E-state index contributed by atoms with van der Waals surface area (Å²) in [5.74, 6) is -2.83. The van der Waals surface area contributed by atoms with Gasteiger partial charge < -0.3 is 15.3 Å². The van der Waals surface area contributed by atoms with Crippen molar-refractivity contribution in [1.82, 2.24) is 34.0 Å². The largest absolute Gasteiger partial charge is 0.388 e. The number of aromatic nitrogens is 3. The van der Waals surface area contributed by atoms with Gasteiger partial charge in [-0.2, -0.15) is 4.98 Å². The third-order valence-electron chi connectivity index (χ3n) is 12.6. The third-order valence-corrected chi connectivity index (χ3v) is 14.1. The molecule has 4 aromatic rings. The lowest BCUT2D eigenvalue weighted by molar-refractivity contribution is -0.136. The first-order chi connectivity index (χ1) is 28.8. The Balaban J connectivity index is 0.790. The van der Waals surface area contributed by atoms with E-state index in [1.54, 1.807) is 23.8 Å². The van der Waals surface area contributed by atoms with Gasteiger partial charge in [-0.1, -0.05) is 12.1 Å². The molecule has 0 spiro atoms. The Hall–Kier alpha value is -5.43. The van der Waals surface area contributed by atoms with E-state index in [1.165, 1.54) is 12.1 Å². The highest BCUT2D eigenvalue weighted by atomic mass is 32.2. The van der Waals surface area contributed by atoms with E-state index in [0.717, 1.165) is 28.3 Å². The lowest BCUT2D eigenvalue weighted by Gasteiger charge is -2.36. The van der Waals surface area contributed by atoms with Gasteiger partial charge in [0.05, 0.1) is 33.4 Å². The molecule has 6 heterocycles. The van der Waals surface area contributed by atoms with E-state index in [0.29, 0.717) is 88.0 Å². The number of halogens is 1. The standard InChI is InChI=1S/C42H46FN9O7S/c1-42(58)13-3-6-34(42)52-36(54)10-7-26-23-44-41(47-37(26)52)45-27-11-14-50(15-12-27)60(59)28-5-2-4-25(20-28)24-48-16-18-49(19-17-48)33-22-30-29(21-31(33)43)39(56)51(40(30)57)32-8-9-35(53)46-38(32)55/h2,4-5,7,10,20-23,27,32,34,58H,3,6,8-9,11-19,24H2,1H3,(H,44,45,47)(H,46,53,55). The summed E-state index contributed by atoms with van der Waals surface area (Å²) in [4.78, 5) is 78.4. The highest BCUT2D eigenvalue weighted by molar-refractivity contribution is 7.82. The number of nitrogens with zero attached hydrogens (tertiary/aromatic N) is 7. The minimum absolute atomic E-state index is 0.00111. The van der Waals surface area contributed by atoms with Gasteiger partial charge in [-0.05, 0) is 81.3 Å². The van der Waals surface area contributed by atoms with Gasteiger partial charge in [0.25, 0.3) is 17.4 Å². The van der Waals surface area contributed by atoms with Crippen molar-refractivity contribution in [2.45, 2.75) is 87.0 Å². The fraction of sp³-hybridized carbons (Fsp3) is 0.452. The molecule has 4 aliphatic heterocycles. The molecule has 1 saturated carbocycles. The molecule has 4 unspecified atom stereocenters. The fourth-order valence-electron chi connectivity index (χ4n) is 9.32. The van der Waals surface area contributed by atoms with Crippen LogP contribution in [0.25, 0.3) is 11.0 Å². The maximum absolute atomic E-state index is 15.5. The van der Waals surface area contributed by atoms with Crippen LogP contribution in [-0.2, 0) is 27.1 Å². The molecule has 3 saturated heterocycles. The second kappa shape index (κ2) is 15.9. The van der Waals surface area contributed by atoms with Crippen LogP contribution in [0, 0.1) is 5.82 Å². The van der Waals surface area contributed by atoms with Crippen molar-refractivity contribution in [3.63, 3.8) is 0 Å². The summed E-state index contributed by atoms with van der Waals surface area (Å²) in [5, 5.41) is 17.3. The van der Waals surface area contributed by atoms with E-state index in [2.05, 4.69) is 20.5 Å². The molecule has 4 amide bonds. The molecule has 5 aliphatic rings. The molecule has 16 nitrogen and oxygen atoms in total. The van der Waals surface area contributed by atoms with E-state index in [4.69, 9.17) is 4.98 Å². The van der Waals surface area contributed by atoms with Gasteiger partial charge in [-0.25, -0.2) is 17.9 Å². The van der Waals surface area contributed by atoms with Crippen LogP contribution in [0.15, 0.2) is 64.4 Å². The third kappa shape index (κ3) is 7.50. The smallest absolute Gasteiger partial charge is 0.262 e. The average molecular weight is 840 g/mol. The van der Waals surface area contributed by atoms with E-state index in [9.17, 15) is 33.3 Å². The number of benzene rings is 2. The van der Waals surface area contributed by atoms with E-state index < -0.39 is 52.1 Å². The number of anilines is 2. The molecular weight excluding hydrogens is 794 g/mol. The first-order valence-electron chi connectivity index (χ1n) is 20.5. The average Bonchev–Trinajstić information content (AvgIpc) is 3.70. The Labute approximate surface area is 347 Å². The lowest BCUT2D eigenvalue weighted by Crippen LogP contribution is -2.54. The number of nitrogens with one attached hydrogen (secondary N) is 2. The molecule has 1 aliphatic carbocycles. The number of hydrogen-bond acceptors (Lipinski definition) is 12. The molecule has 0 radical (unpaired) electrons. The molecule has 60 heavy (non-hydrogen) atoms. The van der Waals surface area contributed by atoms with Gasteiger partial charge in [-0.15, -0.1) is 0 Å². The van der Waals surface area contributed by atoms with Gasteiger partial charge >= 0.3 is 0 Å². The Morgan fingerprint density at radius 2 is 1.68 bits per heavy atom. The van der Waals surface area contributed by atoms with E-state index in [1.807, 2.05) is 33.5 Å². The van der Waals surface area contributed by atoms with Crippen LogP contribution in [-0.4, -0.2) is 119 Å². The number of piperazine rings is 1. The van der Waals surface area contributed by atoms with Gasteiger partial charge in [0, 0.05) is 75.9 Å². The summed E-state index contributed by atoms with van der Waals surface area (Å²) >= 11 is 0. The first-order valence-corrected chi connectivity index (χ1v) is 21.6. The van der Waals surface area contributed by atoms with Gasteiger partial charge in [0.15, 0.2) is 0 Å². The quantitative estimate of drug-likeness (QED) is 0.210. The van der Waals surface area contributed by atoms with Crippen molar-refractivity contribution in [2.24, 2.45) is 0 Å². The SMILES string of the molecule is CC1(O)CCCC1n1c(=O)ccc2cnc(NC3CCN(S(=O)c4cccc(CN5CCN(c6cc7c(cc6F)C(=O)N(C6CCC(=O)NC6=O)C7=O)CC5)c4)CC3)nc21. The molecular formula is C42H46FN9O7S. The second-order valence-corrected chi connectivity index (χ2v) is 18.1. The highest BCUT2D eigenvalue weighted by Gasteiger charge is 2.45. The number of pyridine rings is 1. The summed E-state index contributed by atoms with van der Waals surface area (Å²) in [6, 6.07) is 12.0. The number of fused-ring (bicyclic) bond motifs is 2. The van der Waals surface area contributed by atoms with Crippen LogP contribution in [0.2, 0.25) is 0 Å². The van der Waals surface area contributed by atoms with Crippen LogP contribution in [0.4, 0.5) is 16.0 Å². The molecule has 4 atom stereocenters. The maximum atomic E-state index is 15.5. The Kier molecular flexibility index (Phi) is 10.6. The van der Waals surface area contributed by atoms with Crippen molar-refractivity contribution < 1.29 is 32.9 Å². The topological polar surface area (TPSA) is 190 Å². The van der Waals surface area contributed by atoms with Crippen molar-refractivity contribution in [3.05, 3.63) is 87.6 Å². The van der Waals surface area contributed by atoms with Crippen molar-refractivity contribution >= 4 is 57.3 Å². The number of imide groups is 2. The number of rotatable bonds is 9. The number of hydrogen-bond donors (Lipinski definition) is 3. The zero-order valence-electron chi connectivity index (χ0n) is 33.1. The molecule has 4 fully saturated rings. The number of aliphatic hydroxyl groups is 1. The summed E-state index contributed by atoms with van der Waals surface area (Å²) in [5.41, 5.74) is 0.454. The molecule has 9 rings (SSSR count). The van der Waals surface area contributed by atoms with Crippen LogP contribution in [0.1, 0.15) is 84.2 Å². The van der Waals surface area contributed by atoms with Crippen molar-refractivity contribution in [2.75, 3.05) is 49.5 Å². The minimum atomic E-state index is -1.38. The first kappa shape index (κ1) is 40.0.